The monoisotopic (exact) mass is 220 g/mol. The van der Waals surface area contributed by atoms with E-state index >= 15 is 0 Å². The van der Waals surface area contributed by atoms with Crippen LogP contribution in [-0.4, -0.2) is 0 Å². The van der Waals surface area contributed by atoms with E-state index in [4.69, 9.17) is 21.0 Å². The average molecular weight is 220 g/mol. The number of nitriles is 4. The summed E-state index contributed by atoms with van der Waals surface area (Å²) >= 11 is 0. The Morgan fingerprint density at radius 1 is 1.00 bits per heavy atom. The van der Waals surface area contributed by atoms with Crippen molar-refractivity contribution < 1.29 is 0 Å². The van der Waals surface area contributed by atoms with Gasteiger partial charge >= 0.3 is 0 Å². The zero-order chi connectivity index (χ0) is 12.8. The Balaban J connectivity index is 3.29. The average Bonchev–Trinajstić information content (AvgIpc) is 2.34. The Morgan fingerprint density at radius 2 is 1.53 bits per heavy atom. The van der Waals surface area contributed by atoms with E-state index in [1.165, 1.54) is 0 Å². The quantitative estimate of drug-likeness (QED) is 0.585. The van der Waals surface area contributed by atoms with Crippen LogP contribution >= 0.6 is 0 Å². The summed E-state index contributed by atoms with van der Waals surface area (Å²) in [6.07, 6.45) is 3.76. The number of hydrogen-bond donors (Lipinski definition) is 0. The molecule has 1 rings (SSSR count). The van der Waals surface area contributed by atoms with E-state index < -0.39 is 0 Å². The molecular weight excluding hydrogens is 212 g/mol. The van der Waals surface area contributed by atoms with E-state index in [0.29, 0.717) is 17.6 Å². The molecule has 0 heterocycles. The van der Waals surface area contributed by atoms with Gasteiger partial charge in [-0.05, 0) is 23.5 Å². The topological polar surface area (TPSA) is 95.2 Å². The van der Waals surface area contributed by atoms with E-state index in [1.807, 2.05) is 31.2 Å². The molecule has 1 aliphatic rings. The van der Waals surface area contributed by atoms with E-state index in [9.17, 15) is 0 Å². The van der Waals surface area contributed by atoms with Gasteiger partial charge in [0.15, 0.2) is 0 Å². The van der Waals surface area contributed by atoms with E-state index in [-0.39, 0.29) is 17.1 Å². The maximum atomic E-state index is 8.78. The minimum atomic E-state index is -0.0407. The summed E-state index contributed by atoms with van der Waals surface area (Å²) in [7, 11) is 0. The normalized spacial score (nSPS) is 17.4. The van der Waals surface area contributed by atoms with Crippen molar-refractivity contribution in [3.63, 3.8) is 0 Å². The minimum absolute atomic E-state index is 0.0407. The standard InChI is InChI=1S/C13H8N4/c1-9-4-10(11(5-14)6-15)2-3-13(9)12(7-16)8-17/h2-3,9H,4H2,1H3. The Bertz CT molecular complexity index is 559. The fourth-order valence-corrected chi connectivity index (χ4v) is 1.70. The fraction of sp³-hybridized carbons (Fsp3) is 0.231. The van der Waals surface area contributed by atoms with Crippen molar-refractivity contribution in [1.82, 2.24) is 0 Å². The molecule has 0 bridgehead atoms. The van der Waals surface area contributed by atoms with Crippen LogP contribution in [0.25, 0.3) is 0 Å². The first kappa shape index (κ1) is 12.3. The van der Waals surface area contributed by atoms with Gasteiger partial charge in [-0.3, -0.25) is 0 Å². The molecule has 0 aromatic rings. The van der Waals surface area contributed by atoms with Gasteiger partial charge in [0, 0.05) is 0 Å². The lowest BCUT2D eigenvalue weighted by Crippen LogP contribution is -2.07. The molecule has 0 saturated heterocycles. The number of hydrogen-bond acceptors (Lipinski definition) is 4. The van der Waals surface area contributed by atoms with Crippen LogP contribution in [0.15, 0.2) is 34.4 Å². The van der Waals surface area contributed by atoms with Gasteiger partial charge in [-0.1, -0.05) is 19.1 Å². The molecule has 1 atom stereocenters. The van der Waals surface area contributed by atoms with Gasteiger partial charge in [-0.25, -0.2) is 0 Å². The highest BCUT2D eigenvalue weighted by molar-refractivity contribution is 5.53. The van der Waals surface area contributed by atoms with Gasteiger partial charge in [0.25, 0.3) is 0 Å². The summed E-state index contributed by atoms with van der Waals surface area (Å²) in [4.78, 5) is 0. The molecule has 0 saturated carbocycles. The molecule has 0 radical (unpaired) electrons. The highest BCUT2D eigenvalue weighted by Gasteiger charge is 2.19. The molecule has 4 heteroatoms. The first-order valence-corrected chi connectivity index (χ1v) is 4.93. The van der Waals surface area contributed by atoms with Crippen molar-refractivity contribution in [2.24, 2.45) is 5.92 Å². The second-order valence-corrected chi connectivity index (χ2v) is 3.62. The largest absolute Gasteiger partial charge is 0.192 e. The molecule has 0 amide bonds. The van der Waals surface area contributed by atoms with Crippen molar-refractivity contribution in [3.8, 4) is 24.3 Å². The van der Waals surface area contributed by atoms with Gasteiger partial charge in [-0.2, -0.15) is 21.0 Å². The van der Waals surface area contributed by atoms with E-state index in [1.54, 1.807) is 12.2 Å². The van der Waals surface area contributed by atoms with Crippen LogP contribution in [0.4, 0.5) is 0 Å². The Morgan fingerprint density at radius 3 is 1.94 bits per heavy atom. The van der Waals surface area contributed by atoms with Crippen LogP contribution in [0.3, 0.4) is 0 Å². The molecule has 0 N–H and O–H groups in total. The summed E-state index contributed by atoms with van der Waals surface area (Å²) in [6.45, 7) is 1.86. The third-order valence-electron chi connectivity index (χ3n) is 2.58. The van der Waals surface area contributed by atoms with Crippen LogP contribution in [0.2, 0.25) is 0 Å². The smallest absolute Gasteiger partial charge is 0.133 e. The molecular formula is C13H8N4. The lowest BCUT2D eigenvalue weighted by Gasteiger charge is -2.18. The highest BCUT2D eigenvalue weighted by atomic mass is 14.3. The van der Waals surface area contributed by atoms with E-state index in [2.05, 4.69) is 0 Å². The molecule has 4 nitrogen and oxygen atoms in total. The Kier molecular flexibility index (Phi) is 3.83. The Hall–Kier alpha value is -2.82. The number of allylic oxidation sites excluding steroid dienone is 6. The van der Waals surface area contributed by atoms with Crippen molar-refractivity contribution in [2.75, 3.05) is 0 Å². The molecule has 1 aliphatic carbocycles. The third kappa shape index (κ3) is 2.40. The zero-order valence-electron chi connectivity index (χ0n) is 9.23. The molecule has 0 aliphatic heterocycles. The van der Waals surface area contributed by atoms with Crippen molar-refractivity contribution in [2.45, 2.75) is 13.3 Å². The molecule has 0 spiro atoms. The summed E-state index contributed by atoms with van der Waals surface area (Å²) in [6, 6.07) is 7.36. The molecule has 0 aromatic heterocycles. The molecule has 0 fully saturated rings. The van der Waals surface area contributed by atoms with Gasteiger partial charge in [0.2, 0.25) is 0 Å². The number of nitrogens with zero attached hydrogens (tertiary/aromatic N) is 4. The second kappa shape index (κ2) is 5.32. The summed E-state index contributed by atoms with van der Waals surface area (Å²) in [5, 5.41) is 35.1. The van der Waals surface area contributed by atoms with Gasteiger partial charge < -0.3 is 0 Å². The molecule has 17 heavy (non-hydrogen) atoms. The third-order valence-corrected chi connectivity index (χ3v) is 2.58. The van der Waals surface area contributed by atoms with Crippen molar-refractivity contribution in [3.05, 3.63) is 34.4 Å². The van der Waals surface area contributed by atoms with Gasteiger partial charge in [-0.15, -0.1) is 0 Å². The maximum absolute atomic E-state index is 8.78. The lowest BCUT2D eigenvalue weighted by molar-refractivity contribution is 0.680. The first-order chi connectivity index (χ1) is 8.17. The lowest BCUT2D eigenvalue weighted by atomic mass is 9.84. The van der Waals surface area contributed by atoms with Crippen molar-refractivity contribution >= 4 is 0 Å². The van der Waals surface area contributed by atoms with Gasteiger partial charge in [0.05, 0.1) is 0 Å². The van der Waals surface area contributed by atoms with Crippen LogP contribution < -0.4 is 0 Å². The second-order valence-electron chi connectivity index (χ2n) is 3.62. The van der Waals surface area contributed by atoms with Crippen molar-refractivity contribution in [1.29, 1.82) is 21.0 Å². The van der Waals surface area contributed by atoms with Crippen LogP contribution in [0.1, 0.15) is 13.3 Å². The fourth-order valence-electron chi connectivity index (χ4n) is 1.70. The maximum Gasteiger partial charge on any atom is 0.133 e. The molecule has 80 valence electrons. The summed E-state index contributed by atoms with van der Waals surface area (Å²) in [5.41, 5.74) is 1.49. The minimum Gasteiger partial charge on any atom is -0.192 e. The number of rotatable bonds is 0. The van der Waals surface area contributed by atoms with E-state index in [0.717, 1.165) is 0 Å². The predicted molar refractivity (Wildman–Crippen MR) is 59.4 cm³/mol. The van der Waals surface area contributed by atoms with Crippen LogP contribution in [-0.2, 0) is 0 Å². The molecule has 1 unspecified atom stereocenters. The molecule has 0 aromatic carbocycles. The van der Waals surface area contributed by atoms with Crippen LogP contribution in [0, 0.1) is 51.2 Å². The SMILES string of the molecule is CC1CC(=C(C#N)C#N)C=CC1=C(C#N)C#N. The first-order valence-electron chi connectivity index (χ1n) is 4.93. The predicted octanol–water partition coefficient (Wildman–Crippen LogP) is 2.27. The Labute approximate surface area is 99.6 Å². The van der Waals surface area contributed by atoms with Gasteiger partial charge in [0.1, 0.15) is 35.4 Å². The zero-order valence-corrected chi connectivity index (χ0v) is 9.23. The summed E-state index contributed by atoms with van der Waals surface area (Å²) < 4.78 is 0. The summed E-state index contributed by atoms with van der Waals surface area (Å²) in [5.74, 6) is -0.0407. The van der Waals surface area contributed by atoms with Crippen LogP contribution in [0.5, 0.6) is 0 Å². The highest BCUT2D eigenvalue weighted by Crippen LogP contribution is 2.30.